The predicted octanol–water partition coefficient (Wildman–Crippen LogP) is 2.34. The van der Waals surface area contributed by atoms with Crippen LogP contribution in [0.5, 0.6) is 0 Å². The van der Waals surface area contributed by atoms with Gasteiger partial charge in [-0.2, -0.15) is 0 Å². The van der Waals surface area contributed by atoms with E-state index in [1.54, 1.807) is 24.3 Å². The van der Waals surface area contributed by atoms with Crippen LogP contribution in [0, 0.1) is 5.92 Å². The molecule has 5 nitrogen and oxygen atoms in total. The van der Waals surface area contributed by atoms with Gasteiger partial charge in [0, 0.05) is 12.0 Å². The Morgan fingerprint density at radius 1 is 1.00 bits per heavy atom. The van der Waals surface area contributed by atoms with Crippen LogP contribution in [-0.4, -0.2) is 15.1 Å². The van der Waals surface area contributed by atoms with Crippen molar-refractivity contribution in [2.45, 2.75) is 39.2 Å². The largest absolute Gasteiger partial charge is 0.294 e. The molecule has 4 rings (SSSR count). The van der Waals surface area contributed by atoms with E-state index in [0.29, 0.717) is 29.2 Å². The highest BCUT2D eigenvalue weighted by atomic mass is 16.2. The van der Waals surface area contributed by atoms with Crippen molar-refractivity contribution in [1.82, 2.24) is 9.36 Å². The molecule has 2 aromatic rings. The number of fused-ring (bicyclic) bond motifs is 3. The van der Waals surface area contributed by atoms with Crippen molar-refractivity contribution in [3.05, 3.63) is 50.5 Å². The van der Waals surface area contributed by atoms with Crippen LogP contribution < -0.4 is 11.1 Å². The van der Waals surface area contributed by atoms with E-state index in [0.717, 1.165) is 12.1 Å². The van der Waals surface area contributed by atoms with E-state index in [9.17, 15) is 14.4 Å². The minimum absolute atomic E-state index is 0.0639. The first-order valence-corrected chi connectivity index (χ1v) is 8.05. The number of ketones is 1. The zero-order valence-electron chi connectivity index (χ0n) is 13.2. The minimum Gasteiger partial charge on any atom is -0.294 e. The molecule has 0 amide bonds. The number of nitrogens with zero attached hydrogens (tertiary/aromatic N) is 2. The van der Waals surface area contributed by atoms with Crippen LogP contribution in [0.1, 0.15) is 39.2 Å². The molecule has 1 atom stereocenters. The topological polar surface area (TPSA) is 61.1 Å². The zero-order valence-corrected chi connectivity index (χ0v) is 13.2. The third-order valence-electron chi connectivity index (χ3n) is 4.88. The summed E-state index contributed by atoms with van der Waals surface area (Å²) in [5, 5.41) is 0.842. The van der Waals surface area contributed by atoms with Crippen LogP contribution in [0.25, 0.3) is 16.5 Å². The zero-order chi connectivity index (χ0) is 16.3. The molecule has 1 unspecified atom stereocenters. The molecule has 5 heteroatoms. The van der Waals surface area contributed by atoms with E-state index >= 15 is 0 Å². The normalized spacial score (nSPS) is 20.3. The van der Waals surface area contributed by atoms with E-state index < -0.39 is 0 Å². The lowest BCUT2D eigenvalue weighted by molar-refractivity contribution is -0.116. The quantitative estimate of drug-likeness (QED) is 0.812. The van der Waals surface area contributed by atoms with Crippen LogP contribution in [0.15, 0.2) is 39.4 Å². The van der Waals surface area contributed by atoms with E-state index in [1.807, 2.05) is 13.8 Å². The van der Waals surface area contributed by atoms with E-state index in [1.165, 1.54) is 9.36 Å². The molecule has 0 saturated heterocycles. The van der Waals surface area contributed by atoms with Gasteiger partial charge < -0.3 is 0 Å². The van der Waals surface area contributed by atoms with Crippen molar-refractivity contribution >= 4 is 22.3 Å². The van der Waals surface area contributed by atoms with E-state index in [4.69, 9.17) is 0 Å². The molecule has 0 spiro atoms. The summed E-state index contributed by atoms with van der Waals surface area (Å²) in [5.74, 6) is 0.137. The number of carbonyl (C=O) groups excluding carboxylic acids is 1. The summed E-state index contributed by atoms with van der Waals surface area (Å²) in [4.78, 5) is 38.4. The molecule has 2 aliphatic rings. The Morgan fingerprint density at radius 3 is 2.30 bits per heavy atom. The summed E-state index contributed by atoms with van der Waals surface area (Å²) in [5.41, 5.74) is 1.00. The molecule has 2 heterocycles. The summed E-state index contributed by atoms with van der Waals surface area (Å²) in [6.07, 6.45) is 1.90. The standard InChI is InChI=1S/C18H18N2O3/c1-10(2)16-15-13(8-5-9-14(15)21)19-17(22)11-6-3-4-7-12(11)18(23)20(16)19/h3-4,6-7,10,16H,5,8-9H2,1-2H3. The van der Waals surface area contributed by atoms with E-state index in [2.05, 4.69) is 0 Å². The lowest BCUT2D eigenvalue weighted by atomic mass is 9.86. The number of aromatic nitrogens is 2. The van der Waals surface area contributed by atoms with Gasteiger partial charge >= 0.3 is 0 Å². The van der Waals surface area contributed by atoms with Crippen molar-refractivity contribution in [2.75, 3.05) is 0 Å². The third-order valence-corrected chi connectivity index (χ3v) is 4.88. The molecular weight excluding hydrogens is 292 g/mol. The number of benzene rings is 1. The van der Waals surface area contributed by atoms with Gasteiger partial charge in [-0.05, 0) is 30.9 Å². The number of hydrogen-bond donors (Lipinski definition) is 0. The molecule has 0 fully saturated rings. The third kappa shape index (κ3) is 1.76. The average Bonchev–Trinajstić information content (AvgIpc) is 2.90. The van der Waals surface area contributed by atoms with Crippen molar-refractivity contribution in [3.8, 4) is 0 Å². The highest BCUT2D eigenvalue weighted by Gasteiger charge is 2.40. The second-order valence-corrected chi connectivity index (χ2v) is 6.64. The molecular formula is C18H18N2O3. The number of rotatable bonds is 1. The van der Waals surface area contributed by atoms with Gasteiger partial charge in [-0.15, -0.1) is 0 Å². The minimum atomic E-state index is -0.345. The van der Waals surface area contributed by atoms with Gasteiger partial charge in [0.15, 0.2) is 5.78 Å². The lowest BCUT2D eigenvalue weighted by Crippen LogP contribution is -2.38. The molecule has 1 aromatic carbocycles. The summed E-state index contributed by atoms with van der Waals surface area (Å²) >= 11 is 0. The molecule has 0 radical (unpaired) electrons. The van der Waals surface area contributed by atoms with Gasteiger partial charge in [-0.25, -0.2) is 9.36 Å². The molecule has 23 heavy (non-hydrogen) atoms. The predicted molar refractivity (Wildman–Crippen MR) is 88.4 cm³/mol. The smallest absolute Gasteiger partial charge is 0.277 e. The molecule has 1 aliphatic carbocycles. The Kier molecular flexibility index (Phi) is 2.95. The van der Waals surface area contributed by atoms with Gasteiger partial charge in [-0.3, -0.25) is 14.4 Å². The van der Waals surface area contributed by atoms with Crippen molar-refractivity contribution in [3.63, 3.8) is 0 Å². The van der Waals surface area contributed by atoms with Crippen LogP contribution in [0.3, 0.4) is 0 Å². The van der Waals surface area contributed by atoms with E-state index in [-0.39, 0.29) is 28.9 Å². The second-order valence-electron chi connectivity index (χ2n) is 6.64. The summed E-state index contributed by atoms with van der Waals surface area (Å²) in [7, 11) is 0. The average molecular weight is 310 g/mol. The number of hydrogen-bond acceptors (Lipinski definition) is 3. The van der Waals surface area contributed by atoms with Crippen LogP contribution >= 0.6 is 0 Å². The Labute approximate surface area is 132 Å². The summed E-state index contributed by atoms with van der Waals surface area (Å²) in [6, 6.07) is 6.54. The lowest BCUT2D eigenvalue weighted by Gasteiger charge is -2.21. The fraction of sp³-hybridized carbons (Fsp3) is 0.389. The number of Topliss-reactive ketones (excluding diaryl/α,β-unsaturated/α-hetero) is 1. The van der Waals surface area contributed by atoms with Crippen LogP contribution in [0.4, 0.5) is 0 Å². The Morgan fingerprint density at radius 2 is 1.65 bits per heavy atom. The Hall–Kier alpha value is -2.43. The Bertz CT molecular complexity index is 991. The summed E-state index contributed by atoms with van der Waals surface area (Å²) in [6.45, 7) is 3.97. The molecule has 118 valence electrons. The fourth-order valence-electron chi connectivity index (χ4n) is 3.93. The van der Waals surface area contributed by atoms with Gasteiger partial charge in [0.1, 0.15) is 0 Å². The van der Waals surface area contributed by atoms with Gasteiger partial charge in [-0.1, -0.05) is 26.0 Å². The number of carbonyl (C=O) groups is 1. The fourth-order valence-corrected chi connectivity index (χ4v) is 3.93. The van der Waals surface area contributed by atoms with Gasteiger partial charge in [0.05, 0.1) is 22.5 Å². The van der Waals surface area contributed by atoms with Crippen LogP contribution in [-0.2, 0) is 4.79 Å². The van der Waals surface area contributed by atoms with Gasteiger partial charge in [0.2, 0.25) is 0 Å². The Balaban J connectivity index is 2.19. The molecule has 0 saturated carbocycles. The van der Waals surface area contributed by atoms with Crippen LogP contribution in [0.2, 0.25) is 0 Å². The first-order valence-electron chi connectivity index (χ1n) is 8.05. The maximum Gasteiger partial charge on any atom is 0.277 e. The SMILES string of the molecule is CC(C)C1C2=C(CCCC2=O)n2c(=O)c3ccccc3c(=O)n21. The molecule has 1 aliphatic heterocycles. The number of allylic oxidation sites excluding steroid dienone is 2. The summed E-state index contributed by atoms with van der Waals surface area (Å²) < 4.78 is 2.99. The monoisotopic (exact) mass is 310 g/mol. The first kappa shape index (κ1) is 14.2. The maximum absolute atomic E-state index is 13.0. The molecule has 0 bridgehead atoms. The van der Waals surface area contributed by atoms with Crippen molar-refractivity contribution in [1.29, 1.82) is 0 Å². The maximum atomic E-state index is 13.0. The molecule has 1 aromatic heterocycles. The first-order chi connectivity index (χ1) is 11.0. The van der Waals surface area contributed by atoms with Gasteiger partial charge in [0.25, 0.3) is 11.1 Å². The highest BCUT2D eigenvalue weighted by molar-refractivity contribution is 6.03. The van der Waals surface area contributed by atoms with Crippen molar-refractivity contribution in [2.24, 2.45) is 5.92 Å². The second kappa shape index (κ2) is 4.78. The highest BCUT2D eigenvalue weighted by Crippen LogP contribution is 2.40. The van der Waals surface area contributed by atoms with Crippen molar-refractivity contribution < 1.29 is 4.79 Å². The molecule has 0 N–H and O–H groups in total.